The Hall–Kier alpha value is -3.21. The molecule has 0 aliphatic rings. The van der Waals surface area contributed by atoms with Gasteiger partial charge in [0.15, 0.2) is 0 Å². The molecule has 0 aliphatic carbocycles. The van der Waals surface area contributed by atoms with E-state index < -0.39 is 0 Å². The molecule has 0 aliphatic heterocycles. The molecule has 3 aromatic rings. The molecule has 2 aromatic carbocycles. The lowest BCUT2D eigenvalue weighted by atomic mass is 10.1. The minimum Gasteiger partial charge on any atom is -0.347 e. The zero-order valence-corrected chi connectivity index (χ0v) is 15.2. The standard InChI is InChI=1S/C21H22N4O/c1-15-9-7-8-10-17(15)14-22-21(26)19-13-20(24-16(2)23-19)25(3)18-11-5-4-6-12-18/h4-13H,14H2,1-3H3,(H,22,26). The fourth-order valence-electron chi connectivity index (χ4n) is 2.70. The van der Waals surface area contributed by atoms with Crippen molar-refractivity contribution in [3.8, 4) is 0 Å². The number of hydrogen-bond donors (Lipinski definition) is 1. The Morgan fingerprint density at radius 3 is 2.42 bits per heavy atom. The van der Waals surface area contributed by atoms with E-state index in [9.17, 15) is 4.79 Å². The lowest BCUT2D eigenvalue weighted by molar-refractivity contribution is 0.0945. The molecule has 0 fully saturated rings. The molecule has 0 saturated heterocycles. The Balaban J connectivity index is 1.79. The largest absolute Gasteiger partial charge is 0.347 e. The maximum atomic E-state index is 12.6. The molecule has 1 amide bonds. The number of para-hydroxylation sites is 1. The van der Waals surface area contributed by atoms with Crippen LogP contribution in [0, 0.1) is 13.8 Å². The first-order valence-corrected chi connectivity index (χ1v) is 8.52. The Labute approximate surface area is 153 Å². The number of carbonyl (C=O) groups is 1. The van der Waals surface area contributed by atoms with Crippen molar-refractivity contribution >= 4 is 17.4 Å². The number of rotatable bonds is 5. The summed E-state index contributed by atoms with van der Waals surface area (Å²) in [5.74, 6) is 1.04. The summed E-state index contributed by atoms with van der Waals surface area (Å²) < 4.78 is 0. The summed E-state index contributed by atoms with van der Waals surface area (Å²) in [6.45, 7) is 4.29. The first-order chi connectivity index (χ1) is 12.5. The van der Waals surface area contributed by atoms with Crippen LogP contribution in [0.5, 0.6) is 0 Å². The van der Waals surface area contributed by atoms with Gasteiger partial charge in [-0.05, 0) is 37.1 Å². The van der Waals surface area contributed by atoms with Crippen molar-refractivity contribution in [3.63, 3.8) is 0 Å². The van der Waals surface area contributed by atoms with Crippen molar-refractivity contribution in [2.75, 3.05) is 11.9 Å². The molecule has 5 nitrogen and oxygen atoms in total. The van der Waals surface area contributed by atoms with Crippen LogP contribution in [-0.4, -0.2) is 22.9 Å². The van der Waals surface area contributed by atoms with Gasteiger partial charge in [-0.2, -0.15) is 0 Å². The second-order valence-electron chi connectivity index (χ2n) is 6.16. The average Bonchev–Trinajstić information content (AvgIpc) is 2.66. The third-order valence-electron chi connectivity index (χ3n) is 4.24. The third-order valence-corrected chi connectivity index (χ3v) is 4.24. The van der Waals surface area contributed by atoms with Crippen molar-refractivity contribution in [1.29, 1.82) is 0 Å². The molecule has 0 bridgehead atoms. The Morgan fingerprint density at radius 1 is 1.00 bits per heavy atom. The van der Waals surface area contributed by atoms with E-state index in [2.05, 4.69) is 15.3 Å². The number of anilines is 2. The quantitative estimate of drug-likeness (QED) is 0.763. The highest BCUT2D eigenvalue weighted by Crippen LogP contribution is 2.21. The van der Waals surface area contributed by atoms with Gasteiger partial charge in [0, 0.05) is 25.3 Å². The number of nitrogens with zero attached hydrogens (tertiary/aromatic N) is 3. The van der Waals surface area contributed by atoms with Gasteiger partial charge in [0.1, 0.15) is 17.3 Å². The summed E-state index contributed by atoms with van der Waals surface area (Å²) in [5, 5.41) is 2.94. The molecular formula is C21H22N4O. The van der Waals surface area contributed by atoms with Crippen LogP contribution >= 0.6 is 0 Å². The van der Waals surface area contributed by atoms with E-state index in [1.54, 1.807) is 13.0 Å². The second-order valence-corrected chi connectivity index (χ2v) is 6.16. The Bertz CT molecular complexity index is 909. The lowest BCUT2D eigenvalue weighted by Crippen LogP contribution is -2.25. The Morgan fingerprint density at radius 2 is 1.69 bits per heavy atom. The summed E-state index contributed by atoms with van der Waals surface area (Å²) in [5.41, 5.74) is 3.60. The molecule has 3 rings (SSSR count). The predicted octanol–water partition coefficient (Wildman–Crippen LogP) is 3.79. The zero-order chi connectivity index (χ0) is 18.5. The van der Waals surface area contributed by atoms with Gasteiger partial charge >= 0.3 is 0 Å². The highest BCUT2D eigenvalue weighted by atomic mass is 16.1. The normalized spacial score (nSPS) is 10.4. The van der Waals surface area contributed by atoms with E-state index in [1.807, 2.05) is 73.5 Å². The van der Waals surface area contributed by atoms with Gasteiger partial charge in [0.25, 0.3) is 5.91 Å². The second kappa shape index (κ2) is 7.78. The van der Waals surface area contributed by atoms with Crippen LogP contribution in [-0.2, 0) is 6.54 Å². The number of carbonyl (C=O) groups excluding carboxylic acids is 1. The van der Waals surface area contributed by atoms with Crippen LogP contribution in [0.25, 0.3) is 0 Å². The molecule has 1 aromatic heterocycles. The highest BCUT2D eigenvalue weighted by Gasteiger charge is 2.13. The smallest absolute Gasteiger partial charge is 0.270 e. The molecule has 5 heteroatoms. The van der Waals surface area contributed by atoms with E-state index in [0.717, 1.165) is 16.8 Å². The Kier molecular flexibility index (Phi) is 5.27. The first kappa shape index (κ1) is 17.6. The van der Waals surface area contributed by atoms with Crippen molar-refractivity contribution in [1.82, 2.24) is 15.3 Å². The van der Waals surface area contributed by atoms with Crippen LogP contribution < -0.4 is 10.2 Å². The molecule has 0 saturated carbocycles. The third kappa shape index (κ3) is 4.06. The summed E-state index contributed by atoms with van der Waals surface area (Å²) in [6, 6.07) is 19.6. The van der Waals surface area contributed by atoms with Crippen molar-refractivity contribution < 1.29 is 4.79 Å². The van der Waals surface area contributed by atoms with Crippen LogP contribution in [0.1, 0.15) is 27.4 Å². The van der Waals surface area contributed by atoms with Gasteiger partial charge in [0.2, 0.25) is 0 Å². The summed E-state index contributed by atoms with van der Waals surface area (Å²) >= 11 is 0. The molecular weight excluding hydrogens is 324 g/mol. The van der Waals surface area contributed by atoms with Crippen molar-refractivity contribution in [2.24, 2.45) is 0 Å². The zero-order valence-electron chi connectivity index (χ0n) is 15.2. The van der Waals surface area contributed by atoms with Gasteiger partial charge in [0.05, 0.1) is 0 Å². The molecule has 0 unspecified atom stereocenters. The van der Waals surface area contributed by atoms with Gasteiger partial charge in [-0.15, -0.1) is 0 Å². The van der Waals surface area contributed by atoms with Gasteiger partial charge in [-0.1, -0.05) is 42.5 Å². The van der Waals surface area contributed by atoms with E-state index in [1.165, 1.54) is 0 Å². The minimum absolute atomic E-state index is 0.207. The van der Waals surface area contributed by atoms with Gasteiger partial charge in [-0.25, -0.2) is 9.97 Å². The van der Waals surface area contributed by atoms with Crippen molar-refractivity contribution in [2.45, 2.75) is 20.4 Å². The molecule has 26 heavy (non-hydrogen) atoms. The summed E-state index contributed by atoms with van der Waals surface area (Å²) in [4.78, 5) is 23.3. The predicted molar refractivity (Wildman–Crippen MR) is 104 cm³/mol. The molecule has 0 spiro atoms. The van der Waals surface area contributed by atoms with E-state index in [0.29, 0.717) is 23.9 Å². The van der Waals surface area contributed by atoms with E-state index in [4.69, 9.17) is 0 Å². The van der Waals surface area contributed by atoms with Crippen LogP contribution in [0.2, 0.25) is 0 Å². The fraction of sp³-hybridized carbons (Fsp3) is 0.190. The van der Waals surface area contributed by atoms with Crippen LogP contribution in [0.3, 0.4) is 0 Å². The number of nitrogens with one attached hydrogen (secondary N) is 1. The van der Waals surface area contributed by atoms with E-state index in [-0.39, 0.29) is 5.91 Å². The molecule has 1 heterocycles. The summed E-state index contributed by atoms with van der Waals surface area (Å²) in [7, 11) is 1.92. The SMILES string of the molecule is Cc1nc(C(=O)NCc2ccccc2C)cc(N(C)c2ccccc2)n1. The fourth-order valence-corrected chi connectivity index (χ4v) is 2.70. The van der Waals surface area contributed by atoms with E-state index >= 15 is 0 Å². The monoisotopic (exact) mass is 346 g/mol. The molecule has 132 valence electrons. The number of hydrogen-bond acceptors (Lipinski definition) is 4. The summed E-state index contributed by atoms with van der Waals surface area (Å²) in [6.07, 6.45) is 0. The number of aryl methyl sites for hydroxylation is 2. The molecule has 1 N–H and O–H groups in total. The molecule has 0 radical (unpaired) electrons. The maximum Gasteiger partial charge on any atom is 0.270 e. The van der Waals surface area contributed by atoms with Crippen LogP contribution in [0.4, 0.5) is 11.5 Å². The van der Waals surface area contributed by atoms with Crippen LogP contribution in [0.15, 0.2) is 60.7 Å². The first-order valence-electron chi connectivity index (χ1n) is 8.52. The van der Waals surface area contributed by atoms with Crippen molar-refractivity contribution in [3.05, 3.63) is 83.3 Å². The van der Waals surface area contributed by atoms with Gasteiger partial charge < -0.3 is 10.2 Å². The minimum atomic E-state index is -0.207. The van der Waals surface area contributed by atoms with Gasteiger partial charge in [-0.3, -0.25) is 4.79 Å². The average molecular weight is 346 g/mol. The number of amides is 1. The topological polar surface area (TPSA) is 58.1 Å². The maximum absolute atomic E-state index is 12.6. The highest BCUT2D eigenvalue weighted by molar-refractivity contribution is 5.93. The lowest BCUT2D eigenvalue weighted by Gasteiger charge is -2.19. The number of benzene rings is 2. The molecule has 0 atom stereocenters. The number of aromatic nitrogens is 2.